The molecule has 3 aromatic rings. The number of sulfonamides is 1. The van der Waals surface area contributed by atoms with Crippen molar-refractivity contribution in [2.75, 3.05) is 24.1 Å². The van der Waals surface area contributed by atoms with Crippen molar-refractivity contribution >= 4 is 38.9 Å². The Hall–Kier alpha value is -3.56. The zero-order valence-corrected chi connectivity index (χ0v) is 20.8. The van der Waals surface area contributed by atoms with Crippen LogP contribution in [0.4, 0.5) is 5.69 Å². The standard InChI is InChI=1S/C25H24ClN3O5S/c1-17-21(26)9-6-10-22(17)29(35(31,32)20-7-4-3-5-8-20)16-25(30)28-27-18(2)19-11-12-23-24(15-19)34-14-13-33-23/h3-12,15H,13-14,16H2,1-2H3,(H,28,30)/b27-18-. The van der Waals surface area contributed by atoms with Gasteiger partial charge in [-0.2, -0.15) is 5.10 Å². The van der Waals surface area contributed by atoms with Gasteiger partial charge in [-0.15, -0.1) is 0 Å². The van der Waals surface area contributed by atoms with Crippen molar-refractivity contribution in [2.45, 2.75) is 18.7 Å². The van der Waals surface area contributed by atoms with Crippen LogP contribution >= 0.6 is 11.6 Å². The molecule has 0 aliphatic carbocycles. The Bertz CT molecular complexity index is 1380. The van der Waals surface area contributed by atoms with Crippen LogP contribution < -0.4 is 19.2 Å². The van der Waals surface area contributed by atoms with Gasteiger partial charge in [-0.1, -0.05) is 35.9 Å². The van der Waals surface area contributed by atoms with E-state index in [-0.39, 0.29) is 4.90 Å². The topological polar surface area (TPSA) is 97.3 Å². The second kappa shape index (κ2) is 10.4. The maximum atomic E-state index is 13.5. The first-order valence-electron chi connectivity index (χ1n) is 10.8. The lowest BCUT2D eigenvalue weighted by Crippen LogP contribution is -2.40. The van der Waals surface area contributed by atoms with Crippen molar-refractivity contribution in [3.05, 3.63) is 82.9 Å². The fourth-order valence-electron chi connectivity index (χ4n) is 3.53. The minimum absolute atomic E-state index is 0.0585. The quantitative estimate of drug-likeness (QED) is 0.378. The first kappa shape index (κ1) is 24.6. The molecule has 0 spiro atoms. The van der Waals surface area contributed by atoms with Crippen LogP contribution in [0.5, 0.6) is 11.5 Å². The van der Waals surface area contributed by atoms with Gasteiger partial charge in [-0.25, -0.2) is 13.8 Å². The molecule has 182 valence electrons. The molecule has 1 heterocycles. The maximum absolute atomic E-state index is 13.5. The molecule has 10 heteroatoms. The van der Waals surface area contributed by atoms with Crippen LogP contribution in [0.2, 0.25) is 5.02 Å². The number of carbonyl (C=O) groups is 1. The second-order valence-electron chi connectivity index (χ2n) is 7.80. The van der Waals surface area contributed by atoms with E-state index in [9.17, 15) is 13.2 Å². The lowest BCUT2D eigenvalue weighted by atomic mass is 10.1. The molecule has 0 unspecified atom stereocenters. The molecule has 1 N–H and O–H groups in total. The molecule has 0 atom stereocenters. The predicted octanol–water partition coefficient (Wildman–Crippen LogP) is 4.16. The van der Waals surface area contributed by atoms with Crippen molar-refractivity contribution in [3.63, 3.8) is 0 Å². The SMILES string of the molecule is C/C(=N/NC(=O)CN(c1cccc(Cl)c1C)S(=O)(=O)c1ccccc1)c1ccc2c(c1)OCCO2. The molecule has 0 saturated carbocycles. The van der Waals surface area contributed by atoms with E-state index in [0.29, 0.717) is 46.7 Å². The number of rotatable bonds is 7. The number of fused-ring (bicyclic) bond motifs is 1. The van der Waals surface area contributed by atoms with Gasteiger partial charge in [-0.3, -0.25) is 9.10 Å². The summed E-state index contributed by atoms with van der Waals surface area (Å²) in [6.45, 7) is 3.89. The van der Waals surface area contributed by atoms with Gasteiger partial charge in [0.25, 0.3) is 15.9 Å². The van der Waals surface area contributed by atoms with Gasteiger partial charge in [-0.05, 0) is 61.9 Å². The maximum Gasteiger partial charge on any atom is 0.264 e. The van der Waals surface area contributed by atoms with E-state index in [1.807, 2.05) is 0 Å². The third-order valence-corrected chi connectivity index (χ3v) is 7.62. The number of halogens is 1. The Balaban J connectivity index is 1.58. The molecule has 35 heavy (non-hydrogen) atoms. The molecule has 1 aliphatic heterocycles. The number of hydrogen-bond acceptors (Lipinski definition) is 6. The zero-order chi connectivity index (χ0) is 25.0. The first-order chi connectivity index (χ1) is 16.8. The number of hydrazone groups is 1. The van der Waals surface area contributed by atoms with Crippen LogP contribution in [0.1, 0.15) is 18.1 Å². The number of amides is 1. The van der Waals surface area contributed by atoms with E-state index in [1.165, 1.54) is 12.1 Å². The lowest BCUT2D eigenvalue weighted by molar-refractivity contribution is -0.119. The highest BCUT2D eigenvalue weighted by Crippen LogP contribution is 2.32. The van der Waals surface area contributed by atoms with Crippen LogP contribution in [-0.2, 0) is 14.8 Å². The lowest BCUT2D eigenvalue weighted by Gasteiger charge is -2.25. The Kier molecular flexibility index (Phi) is 7.28. The van der Waals surface area contributed by atoms with Crippen molar-refractivity contribution in [3.8, 4) is 11.5 Å². The van der Waals surface area contributed by atoms with Gasteiger partial charge in [0, 0.05) is 10.6 Å². The van der Waals surface area contributed by atoms with Crippen LogP contribution in [0, 0.1) is 6.92 Å². The Morgan fingerprint density at radius 3 is 2.49 bits per heavy atom. The zero-order valence-electron chi connectivity index (χ0n) is 19.2. The summed E-state index contributed by atoms with van der Waals surface area (Å²) in [4.78, 5) is 12.9. The van der Waals surface area contributed by atoms with Crippen LogP contribution in [0.15, 0.2) is 76.7 Å². The normalized spacial score (nSPS) is 13.3. The van der Waals surface area contributed by atoms with Crippen molar-refractivity contribution in [1.29, 1.82) is 0 Å². The van der Waals surface area contributed by atoms with Gasteiger partial charge in [0.2, 0.25) is 0 Å². The molecule has 3 aromatic carbocycles. The monoisotopic (exact) mass is 513 g/mol. The average molecular weight is 514 g/mol. The summed E-state index contributed by atoms with van der Waals surface area (Å²) < 4.78 is 39.1. The first-order valence-corrected chi connectivity index (χ1v) is 12.7. The fraction of sp³-hybridized carbons (Fsp3) is 0.200. The van der Waals surface area contributed by atoms with Gasteiger partial charge in [0.15, 0.2) is 11.5 Å². The molecule has 1 amide bonds. The third-order valence-electron chi connectivity index (χ3n) is 5.43. The van der Waals surface area contributed by atoms with Crippen molar-refractivity contribution in [2.24, 2.45) is 5.10 Å². The highest BCUT2D eigenvalue weighted by molar-refractivity contribution is 7.92. The predicted molar refractivity (Wildman–Crippen MR) is 135 cm³/mol. The minimum atomic E-state index is -4.05. The van der Waals surface area contributed by atoms with Crippen molar-refractivity contribution < 1.29 is 22.7 Å². The summed E-state index contributed by atoms with van der Waals surface area (Å²) >= 11 is 6.25. The molecular formula is C25H24ClN3O5S. The molecule has 1 aliphatic rings. The summed E-state index contributed by atoms with van der Waals surface area (Å²) in [5.41, 5.74) is 4.56. The Labute approximate surface area is 209 Å². The van der Waals surface area contributed by atoms with E-state index in [2.05, 4.69) is 10.5 Å². The number of carbonyl (C=O) groups excluding carboxylic acids is 1. The number of nitrogens with zero attached hydrogens (tertiary/aromatic N) is 2. The van der Waals surface area contributed by atoms with E-state index >= 15 is 0 Å². The van der Waals surface area contributed by atoms with Crippen LogP contribution in [0.3, 0.4) is 0 Å². The third kappa shape index (κ3) is 5.41. The Morgan fingerprint density at radius 1 is 1.03 bits per heavy atom. The second-order valence-corrected chi connectivity index (χ2v) is 10.1. The summed E-state index contributed by atoms with van der Waals surface area (Å²) in [6, 6.07) is 18.2. The number of anilines is 1. The van der Waals surface area contributed by atoms with E-state index in [1.54, 1.807) is 68.4 Å². The van der Waals surface area contributed by atoms with Crippen molar-refractivity contribution in [1.82, 2.24) is 5.43 Å². The number of nitrogens with one attached hydrogen (secondary N) is 1. The molecule has 0 radical (unpaired) electrons. The highest BCUT2D eigenvalue weighted by atomic mass is 35.5. The molecule has 8 nitrogen and oxygen atoms in total. The summed E-state index contributed by atoms with van der Waals surface area (Å²) in [5.74, 6) is 0.641. The van der Waals surface area contributed by atoms with Crippen LogP contribution in [-0.4, -0.2) is 39.8 Å². The summed E-state index contributed by atoms with van der Waals surface area (Å²) in [6.07, 6.45) is 0. The summed E-state index contributed by atoms with van der Waals surface area (Å²) in [5, 5.41) is 4.55. The van der Waals surface area contributed by atoms with Gasteiger partial charge >= 0.3 is 0 Å². The average Bonchev–Trinajstić information content (AvgIpc) is 2.88. The molecule has 0 fully saturated rings. The largest absolute Gasteiger partial charge is 0.486 e. The molecule has 0 aromatic heterocycles. The van der Waals surface area contributed by atoms with Gasteiger partial charge < -0.3 is 9.47 Å². The summed E-state index contributed by atoms with van der Waals surface area (Å²) in [7, 11) is -4.05. The van der Waals surface area contributed by atoms with E-state index in [0.717, 1.165) is 9.87 Å². The fourth-order valence-corrected chi connectivity index (χ4v) is 5.20. The smallest absolute Gasteiger partial charge is 0.264 e. The highest BCUT2D eigenvalue weighted by Gasteiger charge is 2.28. The Morgan fingerprint density at radius 2 is 1.74 bits per heavy atom. The number of benzene rings is 3. The van der Waals surface area contributed by atoms with Gasteiger partial charge in [0.05, 0.1) is 16.3 Å². The van der Waals surface area contributed by atoms with E-state index in [4.69, 9.17) is 21.1 Å². The molecule has 4 rings (SSSR count). The molecule has 0 bridgehead atoms. The van der Waals surface area contributed by atoms with Gasteiger partial charge in [0.1, 0.15) is 19.8 Å². The van der Waals surface area contributed by atoms with Crippen LogP contribution in [0.25, 0.3) is 0 Å². The number of ether oxygens (including phenoxy) is 2. The van der Waals surface area contributed by atoms with E-state index < -0.39 is 22.5 Å². The minimum Gasteiger partial charge on any atom is -0.486 e. The molecule has 0 saturated heterocycles. The number of hydrogen-bond donors (Lipinski definition) is 1. The molecular weight excluding hydrogens is 490 g/mol.